The summed E-state index contributed by atoms with van der Waals surface area (Å²) in [5, 5.41) is 6.52. The van der Waals surface area contributed by atoms with Crippen molar-refractivity contribution in [2.75, 3.05) is 7.11 Å². The highest BCUT2D eigenvalue weighted by Gasteiger charge is 2.20. The monoisotopic (exact) mass is 1440 g/mol. The van der Waals surface area contributed by atoms with E-state index in [-0.39, 0.29) is 55.3 Å². The quantitative estimate of drug-likeness (QED) is 0.120. The number of nitrogens with zero attached hydrogens (tertiary/aromatic N) is 1. The van der Waals surface area contributed by atoms with Crippen LogP contribution in [0.25, 0.3) is 11.1 Å². The fraction of sp³-hybridized carbons (Fsp3) is 0.356. The van der Waals surface area contributed by atoms with Crippen molar-refractivity contribution >= 4 is 39.3 Å². The van der Waals surface area contributed by atoms with Gasteiger partial charge in [-0.25, -0.2) is 4.98 Å². The fourth-order valence-electron chi connectivity index (χ4n) is 9.75. The molecule has 0 radical (unpaired) electrons. The highest BCUT2D eigenvalue weighted by molar-refractivity contribution is 9.10. The molecule has 0 aliphatic heterocycles. The second-order valence-electron chi connectivity index (χ2n) is 32.4. The van der Waals surface area contributed by atoms with Crippen molar-refractivity contribution in [1.29, 1.82) is 0 Å². The number of carbonyl (C=O) groups is 2. The first-order valence-corrected chi connectivity index (χ1v) is 36.0. The number of hydrogen-bond acceptors (Lipinski definition) is 5. The highest BCUT2D eigenvalue weighted by Crippen LogP contribution is 2.31. The van der Waals surface area contributed by atoms with Gasteiger partial charge in [0.25, 0.3) is 11.8 Å². The number of halogens is 2. The van der Waals surface area contributed by atoms with E-state index in [2.05, 4.69) is 309 Å². The van der Waals surface area contributed by atoms with Gasteiger partial charge in [-0.05, 0) is 156 Å². The maximum atomic E-state index is 12.2. The van der Waals surface area contributed by atoms with Crippen LogP contribution in [-0.2, 0) is 51.0 Å². The molecule has 4 N–H and O–H groups in total. The number of aromatic nitrogens is 3. The van der Waals surface area contributed by atoms with Crippen LogP contribution in [0.3, 0.4) is 0 Å². The van der Waals surface area contributed by atoms with Crippen molar-refractivity contribution in [3.63, 3.8) is 0 Å². The molecule has 0 aliphatic rings. The SMILES string of the molecule is CC(C)(C)c1ccc(-c2ccccc2)cc1.CC(C)(C)c1cccc(Br)c1.CC(C)(C)c1cccc(C(=O)NCc2cccc(=O)[nH]2)c1.CC(C)(C)c1cccc(C(=O)NCc2ncc[nH]2)c1.CC(C)(C)c1ccccc1Cl.COc1ccc(C(C)(C)C)cc1.Cc1ccc(C(C)(C)C)cc1. The van der Waals surface area contributed by atoms with Crippen LogP contribution in [0.5, 0.6) is 5.75 Å². The smallest absolute Gasteiger partial charge is 0.251 e. The van der Waals surface area contributed by atoms with Gasteiger partial charge in [0.15, 0.2) is 0 Å². The topological polar surface area (TPSA) is 129 Å². The van der Waals surface area contributed by atoms with E-state index in [0.717, 1.165) is 32.2 Å². The Labute approximate surface area is 620 Å². The van der Waals surface area contributed by atoms with Gasteiger partial charge >= 0.3 is 0 Å². The first-order valence-electron chi connectivity index (χ1n) is 34.8. The van der Waals surface area contributed by atoms with Gasteiger partial charge in [0.1, 0.15) is 11.6 Å². The number of nitrogens with one attached hydrogen (secondary N) is 4. The number of carbonyl (C=O) groups excluding carboxylic acids is 2. The molecule has 2 aromatic heterocycles. The van der Waals surface area contributed by atoms with Crippen LogP contribution < -0.4 is 20.9 Å². The molecule has 538 valence electrons. The number of aromatic amines is 2. The first kappa shape index (κ1) is 84.8. The highest BCUT2D eigenvalue weighted by atomic mass is 79.9. The van der Waals surface area contributed by atoms with Crippen molar-refractivity contribution in [2.45, 2.75) is 203 Å². The van der Waals surface area contributed by atoms with Gasteiger partial charge in [-0.1, -0.05) is 330 Å². The van der Waals surface area contributed by atoms with Crippen LogP contribution in [0.15, 0.2) is 240 Å². The number of benzene rings is 8. The van der Waals surface area contributed by atoms with Gasteiger partial charge in [-0.3, -0.25) is 14.4 Å². The minimum absolute atomic E-state index is 0.000949. The van der Waals surface area contributed by atoms with Gasteiger partial charge in [0.2, 0.25) is 5.56 Å². The van der Waals surface area contributed by atoms with Crippen LogP contribution in [0, 0.1) is 6.92 Å². The molecule has 0 saturated heterocycles. The van der Waals surface area contributed by atoms with E-state index in [9.17, 15) is 14.4 Å². The van der Waals surface area contributed by atoms with Crippen LogP contribution in [0.2, 0.25) is 5.02 Å². The molecule has 0 unspecified atom stereocenters. The summed E-state index contributed by atoms with van der Waals surface area (Å²) in [5.41, 5.74) is 15.9. The lowest BCUT2D eigenvalue weighted by atomic mass is 9.86. The largest absolute Gasteiger partial charge is 0.497 e. The number of amides is 2. The zero-order valence-corrected chi connectivity index (χ0v) is 67.0. The van der Waals surface area contributed by atoms with Crippen molar-refractivity contribution < 1.29 is 14.3 Å². The van der Waals surface area contributed by atoms with Gasteiger partial charge < -0.3 is 25.3 Å². The lowest BCUT2D eigenvalue weighted by molar-refractivity contribution is 0.0942. The number of imidazole rings is 1. The van der Waals surface area contributed by atoms with Crippen LogP contribution in [0.1, 0.15) is 222 Å². The number of rotatable bonds is 8. The van der Waals surface area contributed by atoms with Crippen LogP contribution >= 0.6 is 27.5 Å². The Balaban J connectivity index is 0.000000254. The van der Waals surface area contributed by atoms with Crippen LogP contribution in [0.4, 0.5) is 0 Å². The van der Waals surface area contributed by atoms with Gasteiger partial charge in [-0.15, -0.1) is 0 Å². The molecule has 0 fully saturated rings. The molecule has 0 saturated carbocycles. The van der Waals surface area contributed by atoms with E-state index in [4.69, 9.17) is 16.3 Å². The zero-order valence-electron chi connectivity index (χ0n) is 64.7. The maximum absolute atomic E-state index is 12.2. The Hall–Kier alpha value is -8.57. The molecular formula is C90H115BrClN5O4. The molecule has 0 bridgehead atoms. The summed E-state index contributed by atoms with van der Waals surface area (Å²) < 4.78 is 6.24. The van der Waals surface area contributed by atoms with E-state index in [1.165, 1.54) is 50.6 Å². The maximum Gasteiger partial charge on any atom is 0.251 e. The van der Waals surface area contributed by atoms with Crippen molar-refractivity contribution in [3.05, 3.63) is 318 Å². The lowest BCUT2D eigenvalue weighted by Gasteiger charge is -2.19. The molecule has 0 spiro atoms. The van der Waals surface area contributed by atoms with Crippen LogP contribution in [-0.4, -0.2) is 33.9 Å². The van der Waals surface area contributed by atoms with Gasteiger partial charge in [0.05, 0.1) is 20.2 Å². The lowest BCUT2D eigenvalue weighted by Crippen LogP contribution is -2.25. The van der Waals surface area contributed by atoms with Crippen molar-refractivity contribution in [2.24, 2.45) is 0 Å². The normalized spacial score (nSPS) is 11.4. The minimum atomic E-state index is -0.170. The molecule has 10 rings (SSSR count). The number of H-pyrrole nitrogens is 2. The molecule has 101 heavy (non-hydrogen) atoms. The molecular weight excluding hydrogens is 1330 g/mol. The van der Waals surface area contributed by atoms with Crippen molar-refractivity contribution in [1.82, 2.24) is 25.6 Å². The second-order valence-corrected chi connectivity index (χ2v) is 33.7. The summed E-state index contributed by atoms with van der Waals surface area (Å²) in [6.07, 6.45) is 3.41. The average molecular weight is 1450 g/mol. The summed E-state index contributed by atoms with van der Waals surface area (Å²) >= 11 is 9.46. The minimum Gasteiger partial charge on any atom is -0.497 e. The summed E-state index contributed by atoms with van der Waals surface area (Å²) in [4.78, 5) is 45.1. The predicted molar refractivity (Wildman–Crippen MR) is 433 cm³/mol. The zero-order chi connectivity index (χ0) is 75.6. The van der Waals surface area contributed by atoms with Crippen molar-refractivity contribution in [3.8, 4) is 16.9 Å². The Morgan fingerprint density at radius 3 is 1.24 bits per heavy atom. The number of pyridine rings is 1. The van der Waals surface area contributed by atoms with Gasteiger partial charge in [0, 0.05) is 44.8 Å². The van der Waals surface area contributed by atoms with E-state index in [1.54, 1.807) is 37.7 Å². The number of methoxy groups -OCH3 is 1. The Kier molecular flexibility index (Phi) is 32.3. The van der Waals surface area contributed by atoms with Gasteiger partial charge in [-0.2, -0.15) is 0 Å². The number of aryl methyl sites for hydroxylation is 1. The fourth-order valence-corrected chi connectivity index (χ4v) is 10.6. The van der Waals surface area contributed by atoms with E-state index >= 15 is 0 Å². The Bertz CT molecular complexity index is 4150. The standard InChI is InChI=1S/C17H20N2O2.C16H18.C15H19N3O.C11H16O.C11H16.C10H13Br.C10H13Cl/c1-17(2,3)13-7-4-6-12(10-13)16(21)18-11-14-8-5-9-15(20)19-14;1-16(2,3)15-11-9-14(10-12-15)13-7-5-4-6-8-13;1-15(2,3)12-6-4-5-11(9-12)14(19)18-10-13-16-7-8-17-13;1-11(2,3)9-5-7-10(12-4)8-6-9;1-9-5-7-10(8-6-9)11(2,3)4;1-10(2,3)8-5-4-6-9(11)7-8;1-10(2,3)8-6-4-5-7-9(8)11/h4-10H,11H2,1-3H3,(H,18,21)(H,19,20);4-12H,1-3H3;4-9H,10H2,1-3H3,(H,16,17)(H,18,19);5-8H,1-4H3;5-8H,1-4H3;2*4-7H,1-3H3. The van der Waals surface area contributed by atoms with E-state index in [1.807, 2.05) is 78.9 Å². The molecule has 0 aliphatic carbocycles. The molecule has 2 amide bonds. The molecule has 8 aromatic carbocycles. The Morgan fingerprint density at radius 1 is 0.436 bits per heavy atom. The van der Waals surface area contributed by atoms with E-state index < -0.39 is 0 Å². The molecule has 0 atom stereocenters. The third kappa shape index (κ3) is 31.1. The third-order valence-electron chi connectivity index (χ3n) is 16.3. The third-order valence-corrected chi connectivity index (χ3v) is 17.1. The predicted octanol–water partition coefficient (Wildman–Crippen LogP) is 23.6. The average Bonchev–Trinajstić information content (AvgIpc) is 1.14. The molecule has 10 aromatic rings. The summed E-state index contributed by atoms with van der Waals surface area (Å²) in [6, 6.07) is 73.0. The molecule has 11 heteroatoms. The Morgan fingerprint density at radius 2 is 0.842 bits per heavy atom. The number of ether oxygens (including phenoxy) is 1. The van der Waals surface area contributed by atoms with E-state index in [0.29, 0.717) is 29.9 Å². The molecule has 2 heterocycles. The summed E-state index contributed by atoms with van der Waals surface area (Å²) in [7, 11) is 1.69. The second kappa shape index (κ2) is 38.5. The number of hydrogen-bond donors (Lipinski definition) is 4. The molecule has 9 nitrogen and oxygen atoms in total. The summed E-state index contributed by atoms with van der Waals surface area (Å²) in [6.45, 7) is 48.7. The first-order chi connectivity index (χ1) is 46.9. The summed E-state index contributed by atoms with van der Waals surface area (Å²) in [5.74, 6) is 1.44.